The van der Waals surface area contributed by atoms with Gasteiger partial charge in [-0.05, 0) is 62.2 Å². The number of hydrogen-bond acceptors (Lipinski definition) is 5. The minimum Gasteiger partial charge on any atom is -0.481 e. The van der Waals surface area contributed by atoms with Gasteiger partial charge in [0.15, 0.2) is 6.10 Å². The van der Waals surface area contributed by atoms with Crippen LogP contribution in [0.2, 0.25) is 0 Å². The van der Waals surface area contributed by atoms with E-state index >= 15 is 0 Å². The first-order valence-corrected chi connectivity index (χ1v) is 10.3. The normalized spacial score (nSPS) is 15.6. The molecule has 0 unspecified atom stereocenters. The molecule has 3 rings (SSSR count). The average Bonchev–Trinajstić information content (AvgIpc) is 2.81. The van der Waals surface area contributed by atoms with E-state index in [-0.39, 0.29) is 5.91 Å². The van der Waals surface area contributed by atoms with Crippen LogP contribution in [0.25, 0.3) is 0 Å². The Morgan fingerprint density at radius 1 is 1.15 bits per heavy atom. The quantitative estimate of drug-likeness (QED) is 0.795. The maximum absolute atomic E-state index is 12.5. The number of fused-ring (bicyclic) bond motifs is 1. The number of rotatable bonds is 5. The summed E-state index contributed by atoms with van der Waals surface area (Å²) in [5, 5.41) is 2.98. The van der Waals surface area contributed by atoms with Crippen molar-refractivity contribution in [2.75, 3.05) is 43.7 Å². The number of carbonyl (C=O) groups is 1. The number of ether oxygens (including phenoxy) is 1. The Labute approximate surface area is 165 Å². The number of thioether (sulfide) groups is 1. The van der Waals surface area contributed by atoms with Gasteiger partial charge in [0.05, 0.1) is 0 Å². The Balaban J connectivity index is 1.66. The van der Waals surface area contributed by atoms with Crippen LogP contribution in [0.5, 0.6) is 5.75 Å². The van der Waals surface area contributed by atoms with Gasteiger partial charge in [-0.3, -0.25) is 4.79 Å². The van der Waals surface area contributed by atoms with Gasteiger partial charge < -0.3 is 19.9 Å². The van der Waals surface area contributed by atoms with Gasteiger partial charge in [-0.1, -0.05) is 6.07 Å². The maximum atomic E-state index is 12.5. The Hall–Kier alpha value is -2.18. The van der Waals surface area contributed by atoms with Crippen LogP contribution in [0.1, 0.15) is 12.5 Å². The zero-order valence-electron chi connectivity index (χ0n) is 16.4. The Bertz CT molecular complexity index is 795. The average molecular weight is 386 g/mol. The number of nitrogens with one attached hydrogen (secondary N) is 1. The highest BCUT2D eigenvalue weighted by Gasteiger charge is 2.18. The van der Waals surface area contributed by atoms with Crippen molar-refractivity contribution in [1.29, 1.82) is 0 Å². The smallest absolute Gasteiger partial charge is 0.265 e. The largest absolute Gasteiger partial charge is 0.481 e. The van der Waals surface area contributed by atoms with E-state index < -0.39 is 6.10 Å². The molecule has 1 aliphatic heterocycles. The van der Waals surface area contributed by atoms with Crippen molar-refractivity contribution in [3.8, 4) is 5.75 Å². The van der Waals surface area contributed by atoms with E-state index in [2.05, 4.69) is 35.3 Å². The fourth-order valence-corrected chi connectivity index (χ4v) is 3.51. The second-order valence-electron chi connectivity index (χ2n) is 6.93. The molecule has 144 valence electrons. The van der Waals surface area contributed by atoms with Gasteiger partial charge in [0, 0.05) is 43.0 Å². The molecule has 0 saturated heterocycles. The van der Waals surface area contributed by atoms with E-state index in [0.29, 0.717) is 5.75 Å². The van der Waals surface area contributed by atoms with Crippen molar-refractivity contribution in [2.45, 2.75) is 24.5 Å². The number of hydrogen-bond donors (Lipinski definition) is 1. The van der Waals surface area contributed by atoms with Crippen LogP contribution in [0, 0.1) is 0 Å². The molecule has 1 aliphatic rings. The number of carbonyl (C=O) groups excluding carboxylic acids is 1. The number of amides is 1. The molecule has 1 amide bonds. The molecule has 2 aromatic rings. The van der Waals surface area contributed by atoms with Crippen LogP contribution in [-0.2, 0) is 11.3 Å². The van der Waals surface area contributed by atoms with E-state index in [9.17, 15) is 4.79 Å². The fraction of sp³-hybridized carbons (Fsp3) is 0.381. The van der Waals surface area contributed by atoms with Gasteiger partial charge in [0.1, 0.15) is 5.75 Å². The second-order valence-corrected chi connectivity index (χ2v) is 7.81. The molecule has 27 heavy (non-hydrogen) atoms. The molecule has 5 nitrogen and oxygen atoms in total. The lowest BCUT2D eigenvalue weighted by atomic mass is 10.1. The number of likely N-dealkylation sites (N-methyl/N-ethyl adjacent to an activating group) is 2. The van der Waals surface area contributed by atoms with Crippen LogP contribution in [-0.4, -0.2) is 50.4 Å². The predicted molar refractivity (Wildman–Crippen MR) is 113 cm³/mol. The molecular weight excluding hydrogens is 358 g/mol. The van der Waals surface area contributed by atoms with Gasteiger partial charge in [-0.15, -0.1) is 11.8 Å². The zero-order valence-corrected chi connectivity index (χ0v) is 17.2. The molecule has 1 N–H and O–H groups in total. The first-order valence-electron chi connectivity index (χ1n) is 9.10. The van der Waals surface area contributed by atoms with Crippen LogP contribution in [0.4, 0.5) is 11.4 Å². The monoisotopic (exact) mass is 385 g/mol. The molecule has 1 atom stereocenters. The third-order valence-corrected chi connectivity index (χ3v) is 5.51. The van der Waals surface area contributed by atoms with E-state index in [4.69, 9.17) is 4.74 Å². The van der Waals surface area contributed by atoms with Gasteiger partial charge in [0.2, 0.25) is 0 Å². The molecule has 0 aliphatic carbocycles. The SMILES string of the molecule is CSc1ccc(O[C@H](C)C(=O)Nc2ccc3c(c2)N(C)CCN(C)C3)cc1. The van der Waals surface area contributed by atoms with E-state index in [1.165, 1.54) is 16.1 Å². The van der Waals surface area contributed by atoms with Gasteiger partial charge in [0.25, 0.3) is 5.91 Å². The van der Waals surface area contributed by atoms with Gasteiger partial charge in [-0.2, -0.15) is 0 Å². The lowest BCUT2D eigenvalue weighted by Crippen LogP contribution is -2.30. The molecule has 1 heterocycles. The fourth-order valence-electron chi connectivity index (χ4n) is 3.10. The summed E-state index contributed by atoms with van der Waals surface area (Å²) in [5.74, 6) is 0.539. The summed E-state index contributed by atoms with van der Waals surface area (Å²) in [4.78, 5) is 18.3. The summed E-state index contributed by atoms with van der Waals surface area (Å²) in [6, 6.07) is 13.9. The van der Waals surface area contributed by atoms with Crippen molar-refractivity contribution >= 4 is 29.0 Å². The molecule has 0 fully saturated rings. The predicted octanol–water partition coefficient (Wildman–Crippen LogP) is 3.70. The van der Waals surface area contributed by atoms with Gasteiger partial charge in [-0.25, -0.2) is 0 Å². The summed E-state index contributed by atoms with van der Waals surface area (Å²) in [6.07, 6.45) is 1.45. The molecule has 0 radical (unpaired) electrons. The Morgan fingerprint density at radius 2 is 1.89 bits per heavy atom. The van der Waals surface area contributed by atoms with Crippen molar-refractivity contribution in [2.24, 2.45) is 0 Å². The molecule has 0 bridgehead atoms. The lowest BCUT2D eigenvalue weighted by Gasteiger charge is -2.20. The topological polar surface area (TPSA) is 44.8 Å². The van der Waals surface area contributed by atoms with E-state index in [1.807, 2.05) is 42.7 Å². The van der Waals surface area contributed by atoms with E-state index in [1.54, 1.807) is 18.7 Å². The van der Waals surface area contributed by atoms with Crippen LogP contribution >= 0.6 is 11.8 Å². The highest BCUT2D eigenvalue weighted by molar-refractivity contribution is 7.98. The molecule has 0 spiro atoms. The van der Waals surface area contributed by atoms with Crippen LogP contribution in [0.3, 0.4) is 0 Å². The Kier molecular flexibility index (Phi) is 6.29. The van der Waals surface area contributed by atoms with Crippen LogP contribution < -0.4 is 15.0 Å². The number of benzene rings is 2. The van der Waals surface area contributed by atoms with Crippen molar-refractivity contribution in [1.82, 2.24) is 4.90 Å². The third kappa shape index (κ3) is 4.96. The molecular formula is C21H27N3O2S. The summed E-state index contributed by atoms with van der Waals surface area (Å²) < 4.78 is 5.78. The van der Waals surface area contributed by atoms with E-state index in [0.717, 1.165) is 25.3 Å². The van der Waals surface area contributed by atoms with Crippen molar-refractivity contribution in [3.63, 3.8) is 0 Å². The molecule has 0 aromatic heterocycles. The summed E-state index contributed by atoms with van der Waals surface area (Å²) in [7, 11) is 4.22. The minimum atomic E-state index is -0.576. The molecule has 2 aromatic carbocycles. The third-order valence-electron chi connectivity index (χ3n) is 4.76. The summed E-state index contributed by atoms with van der Waals surface area (Å²) in [6.45, 7) is 4.67. The first-order chi connectivity index (χ1) is 13.0. The molecule has 6 heteroatoms. The maximum Gasteiger partial charge on any atom is 0.265 e. The summed E-state index contributed by atoms with van der Waals surface area (Å²) in [5.41, 5.74) is 3.23. The lowest BCUT2D eigenvalue weighted by molar-refractivity contribution is -0.122. The standard InChI is InChI=1S/C21H27N3O2S/c1-15(26-18-7-9-19(27-4)10-8-18)21(25)22-17-6-5-16-14-23(2)11-12-24(3)20(16)13-17/h5-10,13,15H,11-12,14H2,1-4H3,(H,22,25)/t15-/m1/s1. The second kappa shape index (κ2) is 8.67. The van der Waals surface area contributed by atoms with Crippen molar-refractivity contribution in [3.05, 3.63) is 48.0 Å². The highest BCUT2D eigenvalue weighted by Crippen LogP contribution is 2.27. The zero-order chi connectivity index (χ0) is 19.4. The minimum absolute atomic E-state index is 0.155. The first kappa shape index (κ1) is 19.6. The summed E-state index contributed by atoms with van der Waals surface area (Å²) >= 11 is 1.68. The Morgan fingerprint density at radius 3 is 2.59 bits per heavy atom. The number of nitrogens with zero attached hydrogens (tertiary/aromatic N) is 2. The molecule has 0 saturated carbocycles. The number of anilines is 2. The van der Waals surface area contributed by atoms with Crippen LogP contribution in [0.15, 0.2) is 47.4 Å². The van der Waals surface area contributed by atoms with Crippen molar-refractivity contribution < 1.29 is 9.53 Å². The highest BCUT2D eigenvalue weighted by atomic mass is 32.2. The van der Waals surface area contributed by atoms with Gasteiger partial charge >= 0.3 is 0 Å².